The molecule has 0 aromatic heterocycles. The van der Waals surface area contributed by atoms with Crippen LogP contribution in [0.25, 0.3) is 0 Å². The van der Waals surface area contributed by atoms with Gasteiger partial charge in [-0.25, -0.2) is 0 Å². The van der Waals surface area contributed by atoms with Crippen molar-refractivity contribution in [3.63, 3.8) is 0 Å². The summed E-state index contributed by atoms with van der Waals surface area (Å²) in [5.41, 5.74) is -0.294. The van der Waals surface area contributed by atoms with Gasteiger partial charge in [-0.05, 0) is 19.8 Å². The molecule has 4 nitrogen and oxygen atoms in total. The van der Waals surface area contributed by atoms with Gasteiger partial charge in [-0.2, -0.15) is 0 Å². The molecule has 1 amide bonds. The Bertz CT molecular complexity index is 270. The highest BCUT2D eigenvalue weighted by Crippen LogP contribution is 2.53. The number of amides is 1. The Morgan fingerprint density at radius 2 is 2.31 bits per heavy atom. The van der Waals surface area contributed by atoms with Crippen LogP contribution in [0.3, 0.4) is 0 Å². The summed E-state index contributed by atoms with van der Waals surface area (Å²) < 4.78 is 0. The van der Waals surface area contributed by atoms with Crippen molar-refractivity contribution < 1.29 is 14.7 Å². The number of carboxylic acids is 1. The standard InChI is InChI=1S/C9H13NO3/c1-2-10-7(11)5-6(8(12)13)9(10)3-4-9/h6H,2-5H2,1H3,(H,12,13). The molecule has 4 heteroatoms. The molecule has 1 heterocycles. The second-order valence-electron chi connectivity index (χ2n) is 3.84. The summed E-state index contributed by atoms with van der Waals surface area (Å²) in [6, 6.07) is 0. The van der Waals surface area contributed by atoms with Crippen molar-refractivity contribution in [2.75, 3.05) is 6.54 Å². The molecular formula is C9H13NO3. The molecular weight excluding hydrogens is 170 g/mol. The van der Waals surface area contributed by atoms with E-state index in [0.29, 0.717) is 6.54 Å². The van der Waals surface area contributed by atoms with Crippen LogP contribution in [0, 0.1) is 5.92 Å². The van der Waals surface area contributed by atoms with E-state index in [1.165, 1.54) is 0 Å². The van der Waals surface area contributed by atoms with E-state index in [0.717, 1.165) is 12.8 Å². The van der Waals surface area contributed by atoms with E-state index in [-0.39, 0.29) is 17.9 Å². The first-order chi connectivity index (χ1) is 6.12. The van der Waals surface area contributed by atoms with Crippen molar-refractivity contribution in [1.82, 2.24) is 4.90 Å². The van der Waals surface area contributed by atoms with Gasteiger partial charge < -0.3 is 10.0 Å². The SMILES string of the molecule is CCN1C(=O)CC(C(=O)O)C12CC2. The Kier molecular flexibility index (Phi) is 1.62. The Morgan fingerprint density at radius 3 is 2.69 bits per heavy atom. The lowest BCUT2D eigenvalue weighted by Gasteiger charge is -2.24. The van der Waals surface area contributed by atoms with Gasteiger partial charge >= 0.3 is 5.97 Å². The Morgan fingerprint density at radius 1 is 1.69 bits per heavy atom. The average molecular weight is 183 g/mol. The quantitative estimate of drug-likeness (QED) is 0.677. The normalized spacial score (nSPS) is 29.8. The van der Waals surface area contributed by atoms with Crippen molar-refractivity contribution in [3.05, 3.63) is 0 Å². The van der Waals surface area contributed by atoms with Gasteiger partial charge in [0.15, 0.2) is 0 Å². The first kappa shape index (κ1) is 8.53. The van der Waals surface area contributed by atoms with Crippen LogP contribution >= 0.6 is 0 Å². The minimum Gasteiger partial charge on any atom is -0.481 e. The fourth-order valence-electron chi connectivity index (χ4n) is 2.47. The molecule has 2 rings (SSSR count). The highest BCUT2D eigenvalue weighted by molar-refractivity contribution is 5.89. The number of nitrogens with zero attached hydrogens (tertiary/aromatic N) is 1. The van der Waals surface area contributed by atoms with Crippen LogP contribution in [0.5, 0.6) is 0 Å². The summed E-state index contributed by atoms with van der Waals surface area (Å²) >= 11 is 0. The molecule has 1 saturated carbocycles. The molecule has 0 aromatic rings. The van der Waals surface area contributed by atoms with Gasteiger partial charge in [-0.15, -0.1) is 0 Å². The Labute approximate surface area is 76.5 Å². The van der Waals surface area contributed by atoms with Gasteiger partial charge in [0.05, 0.1) is 11.5 Å². The third-order valence-corrected chi connectivity index (χ3v) is 3.24. The minimum absolute atomic E-state index is 0.00685. The number of carbonyl (C=O) groups is 2. The van der Waals surface area contributed by atoms with Gasteiger partial charge in [0, 0.05) is 13.0 Å². The molecule has 1 aliphatic heterocycles. The van der Waals surface area contributed by atoms with Gasteiger partial charge in [0.2, 0.25) is 5.91 Å². The lowest BCUT2D eigenvalue weighted by molar-refractivity contribution is -0.143. The lowest BCUT2D eigenvalue weighted by Crippen LogP contribution is -2.39. The molecule has 2 fully saturated rings. The number of carbonyl (C=O) groups excluding carboxylic acids is 1. The molecule has 1 aliphatic carbocycles. The van der Waals surface area contributed by atoms with Crippen LogP contribution in [0.4, 0.5) is 0 Å². The van der Waals surface area contributed by atoms with E-state index in [2.05, 4.69) is 0 Å². The average Bonchev–Trinajstić information content (AvgIpc) is 2.75. The summed E-state index contributed by atoms with van der Waals surface area (Å²) in [5.74, 6) is -1.27. The molecule has 1 saturated heterocycles. The van der Waals surface area contributed by atoms with Crippen LogP contribution in [-0.2, 0) is 9.59 Å². The number of carboxylic acid groups (broad SMARTS) is 1. The zero-order valence-electron chi connectivity index (χ0n) is 7.62. The Hall–Kier alpha value is -1.06. The van der Waals surface area contributed by atoms with Gasteiger partial charge in [0.25, 0.3) is 0 Å². The van der Waals surface area contributed by atoms with Crippen molar-refractivity contribution in [1.29, 1.82) is 0 Å². The number of rotatable bonds is 2. The summed E-state index contributed by atoms with van der Waals surface area (Å²) in [5, 5.41) is 8.94. The molecule has 1 spiro atoms. The maximum absolute atomic E-state index is 11.4. The lowest BCUT2D eigenvalue weighted by atomic mass is 9.98. The van der Waals surface area contributed by atoms with Crippen molar-refractivity contribution in [2.45, 2.75) is 31.7 Å². The van der Waals surface area contributed by atoms with E-state index < -0.39 is 11.9 Å². The molecule has 1 N–H and O–H groups in total. The van der Waals surface area contributed by atoms with Crippen LogP contribution in [0.2, 0.25) is 0 Å². The third kappa shape index (κ3) is 0.975. The summed E-state index contributed by atoms with van der Waals surface area (Å²) in [4.78, 5) is 24.1. The van der Waals surface area contributed by atoms with Crippen LogP contribution in [0.1, 0.15) is 26.2 Å². The van der Waals surface area contributed by atoms with Crippen molar-refractivity contribution in [2.24, 2.45) is 5.92 Å². The molecule has 0 bridgehead atoms. The van der Waals surface area contributed by atoms with Crippen molar-refractivity contribution in [3.8, 4) is 0 Å². The zero-order chi connectivity index (χ0) is 9.64. The highest BCUT2D eigenvalue weighted by atomic mass is 16.4. The first-order valence-electron chi connectivity index (χ1n) is 4.65. The number of likely N-dealkylation sites (tertiary alicyclic amines) is 1. The maximum Gasteiger partial charge on any atom is 0.309 e. The fraction of sp³-hybridized carbons (Fsp3) is 0.778. The number of hydrogen-bond acceptors (Lipinski definition) is 2. The number of aliphatic carboxylic acids is 1. The van der Waals surface area contributed by atoms with Gasteiger partial charge in [-0.3, -0.25) is 9.59 Å². The maximum atomic E-state index is 11.4. The number of hydrogen-bond donors (Lipinski definition) is 1. The molecule has 1 unspecified atom stereocenters. The molecule has 1 atom stereocenters. The molecule has 13 heavy (non-hydrogen) atoms. The monoisotopic (exact) mass is 183 g/mol. The second-order valence-corrected chi connectivity index (χ2v) is 3.84. The first-order valence-corrected chi connectivity index (χ1v) is 4.65. The molecule has 0 radical (unpaired) electrons. The third-order valence-electron chi connectivity index (χ3n) is 3.24. The van der Waals surface area contributed by atoms with Crippen molar-refractivity contribution >= 4 is 11.9 Å². The van der Waals surface area contributed by atoms with Crippen LogP contribution < -0.4 is 0 Å². The van der Waals surface area contributed by atoms with E-state index in [9.17, 15) is 9.59 Å². The second kappa shape index (κ2) is 2.47. The topological polar surface area (TPSA) is 57.6 Å². The van der Waals surface area contributed by atoms with E-state index in [1.807, 2.05) is 6.92 Å². The summed E-state index contributed by atoms with van der Waals surface area (Å²) in [6.07, 6.45) is 1.93. The smallest absolute Gasteiger partial charge is 0.309 e. The fourth-order valence-corrected chi connectivity index (χ4v) is 2.47. The van der Waals surface area contributed by atoms with E-state index in [4.69, 9.17) is 5.11 Å². The van der Waals surface area contributed by atoms with Crippen LogP contribution in [-0.4, -0.2) is 34.0 Å². The predicted molar refractivity (Wildman–Crippen MR) is 45.1 cm³/mol. The minimum atomic E-state index is -0.818. The van der Waals surface area contributed by atoms with E-state index >= 15 is 0 Å². The Balaban J connectivity index is 2.27. The van der Waals surface area contributed by atoms with Gasteiger partial charge in [0.1, 0.15) is 0 Å². The summed E-state index contributed by atoms with van der Waals surface area (Å²) in [7, 11) is 0. The van der Waals surface area contributed by atoms with Gasteiger partial charge in [-0.1, -0.05) is 0 Å². The summed E-state index contributed by atoms with van der Waals surface area (Å²) in [6.45, 7) is 2.55. The van der Waals surface area contributed by atoms with Crippen LogP contribution in [0.15, 0.2) is 0 Å². The highest BCUT2D eigenvalue weighted by Gasteiger charge is 2.62. The zero-order valence-corrected chi connectivity index (χ0v) is 7.62. The largest absolute Gasteiger partial charge is 0.481 e. The molecule has 2 aliphatic rings. The molecule has 0 aromatic carbocycles. The van der Waals surface area contributed by atoms with E-state index in [1.54, 1.807) is 4.90 Å². The predicted octanol–water partition coefficient (Wildman–Crippen LogP) is 0.472. The molecule has 72 valence electrons.